The van der Waals surface area contributed by atoms with Gasteiger partial charge in [0.05, 0.1) is 4.91 Å². The van der Waals surface area contributed by atoms with E-state index in [0.29, 0.717) is 15.8 Å². The molecule has 32 heavy (non-hydrogen) atoms. The van der Waals surface area contributed by atoms with Gasteiger partial charge in [0.15, 0.2) is 0 Å². The number of para-hydroxylation sites is 1. The number of fused-ring (bicyclic) bond motifs is 1. The first kappa shape index (κ1) is 21.7. The van der Waals surface area contributed by atoms with E-state index in [4.69, 9.17) is 12.2 Å². The average Bonchev–Trinajstić information content (AvgIpc) is 3.58. The quantitative estimate of drug-likeness (QED) is 0.441. The fraction of sp³-hybridized carbons (Fsp3) is 0.480. The maximum Gasteiger partial charge on any atom is 0.266 e. The van der Waals surface area contributed by atoms with Gasteiger partial charge in [0.2, 0.25) is 5.91 Å². The second-order valence-corrected chi connectivity index (χ2v) is 10.8. The Morgan fingerprint density at radius 1 is 1.12 bits per heavy atom. The van der Waals surface area contributed by atoms with Crippen molar-refractivity contribution in [3.8, 4) is 0 Å². The third-order valence-electron chi connectivity index (χ3n) is 6.98. The summed E-state index contributed by atoms with van der Waals surface area (Å²) >= 11 is 6.94. The van der Waals surface area contributed by atoms with E-state index < -0.39 is 0 Å². The van der Waals surface area contributed by atoms with Crippen LogP contribution in [0.5, 0.6) is 0 Å². The highest BCUT2D eigenvalue weighted by Gasteiger charge is 2.32. The molecule has 3 heterocycles. The smallest absolute Gasteiger partial charge is 0.266 e. The molecule has 0 radical (unpaired) electrons. The third kappa shape index (κ3) is 4.37. The molecule has 168 valence electrons. The number of nitrogens with zero attached hydrogens (tertiary/aromatic N) is 3. The number of carbonyl (C=O) groups is 2. The summed E-state index contributed by atoms with van der Waals surface area (Å²) in [7, 11) is 0. The Morgan fingerprint density at radius 2 is 1.88 bits per heavy atom. The van der Waals surface area contributed by atoms with Crippen LogP contribution in [0.25, 0.3) is 17.0 Å². The molecule has 5 rings (SSSR count). The average molecular weight is 468 g/mol. The zero-order chi connectivity index (χ0) is 22.1. The van der Waals surface area contributed by atoms with Crippen LogP contribution >= 0.6 is 24.0 Å². The van der Waals surface area contributed by atoms with Crippen LogP contribution in [0.3, 0.4) is 0 Å². The fourth-order valence-corrected chi connectivity index (χ4v) is 6.48. The van der Waals surface area contributed by atoms with Crippen molar-refractivity contribution < 1.29 is 9.59 Å². The van der Waals surface area contributed by atoms with Gasteiger partial charge in [-0.3, -0.25) is 14.5 Å². The fourth-order valence-electron chi connectivity index (χ4n) is 5.18. The summed E-state index contributed by atoms with van der Waals surface area (Å²) in [6.45, 7) is 2.76. The topological polar surface area (TPSA) is 45.6 Å². The highest BCUT2D eigenvalue weighted by molar-refractivity contribution is 8.26. The van der Waals surface area contributed by atoms with Gasteiger partial charge in [-0.15, -0.1) is 0 Å². The number of thioether (sulfide) groups is 1. The van der Waals surface area contributed by atoms with Gasteiger partial charge in [-0.1, -0.05) is 67.9 Å². The monoisotopic (exact) mass is 467 g/mol. The second-order valence-electron chi connectivity index (χ2n) is 9.09. The molecule has 5 nitrogen and oxygen atoms in total. The first-order chi connectivity index (χ1) is 15.6. The van der Waals surface area contributed by atoms with Crippen molar-refractivity contribution in [3.63, 3.8) is 0 Å². The van der Waals surface area contributed by atoms with Crippen LogP contribution < -0.4 is 0 Å². The molecule has 2 saturated heterocycles. The lowest BCUT2D eigenvalue weighted by Crippen LogP contribution is -2.30. The SMILES string of the molecule is O=C(Cn1cc(/C=C2\SC(=S)N(CCC3CCCC3)C2=O)c2ccccc21)N1CCCC1. The van der Waals surface area contributed by atoms with E-state index in [1.807, 2.05) is 39.9 Å². The summed E-state index contributed by atoms with van der Waals surface area (Å²) in [4.78, 5) is 30.2. The minimum absolute atomic E-state index is 0.0166. The van der Waals surface area contributed by atoms with Gasteiger partial charge in [-0.05, 0) is 37.3 Å². The molecule has 2 aliphatic heterocycles. The molecule has 0 unspecified atom stereocenters. The van der Waals surface area contributed by atoms with Crippen LogP contribution in [0.1, 0.15) is 50.5 Å². The molecular formula is C25H29N3O2S2. The molecule has 1 aliphatic carbocycles. The van der Waals surface area contributed by atoms with Crippen molar-refractivity contribution in [2.45, 2.75) is 51.5 Å². The Balaban J connectivity index is 1.36. The molecule has 0 N–H and O–H groups in total. The van der Waals surface area contributed by atoms with Crippen molar-refractivity contribution in [3.05, 3.63) is 40.9 Å². The molecule has 2 aromatic rings. The number of aromatic nitrogens is 1. The lowest BCUT2D eigenvalue weighted by Gasteiger charge is -2.17. The Kier molecular flexibility index (Phi) is 6.37. The summed E-state index contributed by atoms with van der Waals surface area (Å²) < 4.78 is 2.68. The van der Waals surface area contributed by atoms with Crippen LogP contribution in [0.4, 0.5) is 0 Å². The summed E-state index contributed by atoms with van der Waals surface area (Å²) in [5.74, 6) is 0.908. The molecule has 3 aliphatic rings. The molecule has 1 aromatic carbocycles. The molecule has 1 saturated carbocycles. The summed E-state index contributed by atoms with van der Waals surface area (Å²) in [6, 6.07) is 8.08. The number of hydrogen-bond acceptors (Lipinski definition) is 4. The highest BCUT2D eigenvalue weighted by atomic mass is 32.2. The second kappa shape index (κ2) is 9.40. The maximum absolute atomic E-state index is 13.1. The molecule has 0 bridgehead atoms. The Labute approximate surface area is 198 Å². The van der Waals surface area contributed by atoms with Gasteiger partial charge in [-0.2, -0.15) is 0 Å². The number of rotatable bonds is 6. The summed E-state index contributed by atoms with van der Waals surface area (Å²) in [5.41, 5.74) is 1.98. The first-order valence-corrected chi connectivity index (χ1v) is 12.9. The van der Waals surface area contributed by atoms with Crippen molar-refractivity contribution in [2.75, 3.05) is 19.6 Å². The lowest BCUT2D eigenvalue weighted by molar-refractivity contribution is -0.130. The van der Waals surface area contributed by atoms with Crippen LogP contribution in [-0.4, -0.2) is 50.1 Å². The van der Waals surface area contributed by atoms with Crippen LogP contribution in [0.15, 0.2) is 35.4 Å². The largest absolute Gasteiger partial charge is 0.341 e. The van der Waals surface area contributed by atoms with E-state index in [-0.39, 0.29) is 11.8 Å². The molecule has 0 atom stereocenters. The zero-order valence-corrected chi connectivity index (χ0v) is 19.9. The standard InChI is InChI=1S/C25H29N3O2S2/c29-23(26-12-5-6-13-26)17-27-16-19(20-9-3-4-10-21(20)27)15-22-24(30)28(25(31)32-22)14-11-18-7-1-2-8-18/h3-4,9-10,15-16,18H,1-2,5-8,11-14,17H2/b22-15-. The Hall–Kier alpha value is -2.12. The van der Waals surface area contributed by atoms with Crippen molar-refractivity contribution in [1.29, 1.82) is 0 Å². The van der Waals surface area contributed by atoms with E-state index in [1.165, 1.54) is 37.4 Å². The number of likely N-dealkylation sites (tertiary alicyclic amines) is 1. The number of thiocarbonyl (C=S) groups is 1. The predicted molar refractivity (Wildman–Crippen MR) is 134 cm³/mol. The molecule has 0 spiro atoms. The highest BCUT2D eigenvalue weighted by Crippen LogP contribution is 2.36. The van der Waals surface area contributed by atoms with E-state index in [0.717, 1.165) is 61.3 Å². The first-order valence-electron chi connectivity index (χ1n) is 11.7. The molecule has 1 aromatic heterocycles. The van der Waals surface area contributed by atoms with Gasteiger partial charge in [0.25, 0.3) is 5.91 Å². The molecular weight excluding hydrogens is 438 g/mol. The normalized spacial score (nSPS) is 21.1. The number of benzene rings is 1. The van der Waals surface area contributed by atoms with E-state index in [1.54, 1.807) is 4.90 Å². The third-order valence-corrected chi connectivity index (χ3v) is 8.36. The number of hydrogen-bond donors (Lipinski definition) is 0. The van der Waals surface area contributed by atoms with Crippen LogP contribution in [0.2, 0.25) is 0 Å². The van der Waals surface area contributed by atoms with Crippen LogP contribution in [-0.2, 0) is 16.1 Å². The Morgan fingerprint density at radius 3 is 2.66 bits per heavy atom. The molecule has 3 fully saturated rings. The van der Waals surface area contributed by atoms with Gasteiger partial charge in [-0.25, -0.2) is 0 Å². The van der Waals surface area contributed by atoms with Crippen molar-refractivity contribution in [1.82, 2.24) is 14.4 Å². The minimum Gasteiger partial charge on any atom is -0.341 e. The van der Waals surface area contributed by atoms with E-state index in [2.05, 4.69) is 6.07 Å². The maximum atomic E-state index is 13.1. The number of amides is 2. The van der Waals surface area contributed by atoms with E-state index in [9.17, 15) is 9.59 Å². The minimum atomic E-state index is 0.0166. The summed E-state index contributed by atoms with van der Waals surface area (Å²) in [5, 5.41) is 1.05. The van der Waals surface area contributed by atoms with Crippen LogP contribution in [0, 0.1) is 5.92 Å². The van der Waals surface area contributed by atoms with Crippen molar-refractivity contribution >= 4 is 57.1 Å². The molecule has 7 heteroatoms. The van der Waals surface area contributed by atoms with Gasteiger partial charge < -0.3 is 9.47 Å². The van der Waals surface area contributed by atoms with E-state index >= 15 is 0 Å². The zero-order valence-electron chi connectivity index (χ0n) is 18.3. The van der Waals surface area contributed by atoms with Crippen molar-refractivity contribution in [2.24, 2.45) is 5.92 Å². The summed E-state index contributed by atoms with van der Waals surface area (Å²) in [6.07, 6.45) is 12.4. The number of carbonyl (C=O) groups excluding carboxylic acids is 2. The lowest BCUT2D eigenvalue weighted by atomic mass is 10.0. The molecule has 2 amide bonds. The van der Waals surface area contributed by atoms with Gasteiger partial charge in [0.1, 0.15) is 10.9 Å². The van der Waals surface area contributed by atoms with Gasteiger partial charge in [0, 0.05) is 42.3 Å². The van der Waals surface area contributed by atoms with Gasteiger partial charge >= 0.3 is 0 Å². The Bertz CT molecular complexity index is 1080. The predicted octanol–water partition coefficient (Wildman–Crippen LogP) is 5.05.